The lowest BCUT2D eigenvalue weighted by molar-refractivity contribution is -0.115. The van der Waals surface area contributed by atoms with E-state index in [-0.39, 0.29) is 5.91 Å². The Bertz CT molecular complexity index is 1090. The normalized spacial score (nSPS) is 10.9. The minimum Gasteiger partial charge on any atom is -0.410 e. The SMILES string of the molecule is CC(=O)N(c1cccc(Cl)c1)c1nc(CSc2nnc(-c3cccs3)o2)cs1. The van der Waals surface area contributed by atoms with Crippen LogP contribution in [0.25, 0.3) is 10.8 Å². The molecule has 0 saturated heterocycles. The van der Waals surface area contributed by atoms with Gasteiger partial charge < -0.3 is 4.42 Å². The van der Waals surface area contributed by atoms with Crippen LogP contribution in [0.2, 0.25) is 5.02 Å². The number of hydrogen-bond donors (Lipinski definition) is 0. The highest BCUT2D eigenvalue weighted by atomic mass is 35.5. The van der Waals surface area contributed by atoms with E-state index in [0.717, 1.165) is 10.6 Å². The molecule has 0 unspecified atom stereocenters. The number of aromatic nitrogens is 3. The molecule has 142 valence electrons. The zero-order valence-electron chi connectivity index (χ0n) is 14.5. The fraction of sp³-hybridized carbons (Fsp3) is 0.111. The maximum Gasteiger partial charge on any atom is 0.277 e. The number of anilines is 2. The number of nitrogens with zero attached hydrogens (tertiary/aromatic N) is 4. The smallest absolute Gasteiger partial charge is 0.277 e. The van der Waals surface area contributed by atoms with Crippen LogP contribution in [0.4, 0.5) is 10.8 Å². The summed E-state index contributed by atoms with van der Waals surface area (Å²) in [5.74, 6) is 0.942. The molecular weight excluding hydrogens is 436 g/mol. The van der Waals surface area contributed by atoms with Crippen molar-refractivity contribution < 1.29 is 9.21 Å². The van der Waals surface area contributed by atoms with Crippen molar-refractivity contribution in [1.29, 1.82) is 0 Å². The van der Waals surface area contributed by atoms with Crippen molar-refractivity contribution in [2.45, 2.75) is 17.9 Å². The number of carbonyl (C=O) groups is 1. The van der Waals surface area contributed by atoms with Crippen molar-refractivity contribution in [1.82, 2.24) is 15.2 Å². The number of amides is 1. The monoisotopic (exact) mass is 448 g/mol. The van der Waals surface area contributed by atoms with E-state index in [0.29, 0.717) is 32.7 Å². The van der Waals surface area contributed by atoms with Crippen LogP contribution in [-0.4, -0.2) is 21.1 Å². The van der Waals surface area contributed by atoms with E-state index in [1.807, 2.05) is 29.0 Å². The Morgan fingerprint density at radius 2 is 2.14 bits per heavy atom. The molecule has 0 aliphatic rings. The number of halogens is 1. The quantitative estimate of drug-likeness (QED) is 0.343. The van der Waals surface area contributed by atoms with Gasteiger partial charge in [-0.25, -0.2) is 4.98 Å². The fourth-order valence-corrected chi connectivity index (χ4v) is 4.89. The molecule has 1 amide bonds. The van der Waals surface area contributed by atoms with Crippen molar-refractivity contribution in [3.05, 3.63) is 57.9 Å². The number of rotatable bonds is 6. The van der Waals surface area contributed by atoms with Gasteiger partial charge in [-0.15, -0.1) is 32.9 Å². The van der Waals surface area contributed by atoms with Crippen LogP contribution in [0.15, 0.2) is 56.8 Å². The summed E-state index contributed by atoms with van der Waals surface area (Å²) < 4.78 is 5.67. The summed E-state index contributed by atoms with van der Waals surface area (Å²) in [5, 5.41) is 13.6. The van der Waals surface area contributed by atoms with E-state index in [4.69, 9.17) is 16.0 Å². The average molecular weight is 449 g/mol. The summed E-state index contributed by atoms with van der Waals surface area (Å²) in [5.41, 5.74) is 1.51. The summed E-state index contributed by atoms with van der Waals surface area (Å²) >= 11 is 10.4. The van der Waals surface area contributed by atoms with Crippen LogP contribution in [0.1, 0.15) is 12.6 Å². The molecule has 0 saturated carbocycles. The Balaban J connectivity index is 1.47. The highest BCUT2D eigenvalue weighted by molar-refractivity contribution is 7.98. The lowest BCUT2D eigenvalue weighted by Crippen LogP contribution is -2.22. The predicted molar refractivity (Wildman–Crippen MR) is 114 cm³/mol. The van der Waals surface area contributed by atoms with E-state index in [9.17, 15) is 4.79 Å². The molecule has 3 heterocycles. The average Bonchev–Trinajstić information content (AvgIpc) is 3.41. The number of thiazole rings is 1. The largest absolute Gasteiger partial charge is 0.410 e. The zero-order chi connectivity index (χ0) is 19.5. The van der Waals surface area contributed by atoms with Crippen LogP contribution in [-0.2, 0) is 10.5 Å². The Hall–Kier alpha value is -2.20. The standard InChI is InChI=1S/C18H13ClN4O2S3/c1-11(24)23(14-5-2-4-12(19)8-14)17-20-13(9-27-17)10-28-18-22-21-16(25-18)15-6-3-7-26-15/h2-9H,10H2,1H3. The fourth-order valence-electron chi connectivity index (χ4n) is 2.41. The molecule has 4 aromatic rings. The van der Waals surface area contributed by atoms with E-state index < -0.39 is 0 Å². The second-order valence-corrected chi connectivity index (χ2v) is 8.74. The Morgan fingerprint density at radius 3 is 2.89 bits per heavy atom. The Morgan fingerprint density at radius 1 is 1.25 bits per heavy atom. The van der Waals surface area contributed by atoms with Crippen molar-refractivity contribution in [2.75, 3.05) is 4.90 Å². The van der Waals surface area contributed by atoms with Crippen molar-refractivity contribution in [3.63, 3.8) is 0 Å². The highest BCUT2D eigenvalue weighted by Gasteiger charge is 2.19. The number of thiophene rings is 1. The van der Waals surface area contributed by atoms with E-state index in [1.165, 1.54) is 30.0 Å². The molecule has 4 rings (SSSR count). The molecule has 6 nitrogen and oxygen atoms in total. The zero-order valence-corrected chi connectivity index (χ0v) is 17.7. The first kappa shape index (κ1) is 19.1. The molecule has 0 N–H and O–H groups in total. The van der Waals surface area contributed by atoms with Gasteiger partial charge in [0.25, 0.3) is 11.1 Å². The third-order valence-corrected chi connectivity index (χ3v) is 6.41. The maximum absolute atomic E-state index is 12.2. The summed E-state index contributed by atoms with van der Waals surface area (Å²) in [6.45, 7) is 1.50. The summed E-state index contributed by atoms with van der Waals surface area (Å²) in [6.07, 6.45) is 0. The lowest BCUT2D eigenvalue weighted by Gasteiger charge is -2.18. The van der Waals surface area contributed by atoms with Crippen LogP contribution in [0.3, 0.4) is 0 Å². The molecule has 0 atom stereocenters. The molecule has 0 spiro atoms. The second-order valence-electron chi connectivity index (χ2n) is 5.59. The van der Waals surface area contributed by atoms with Gasteiger partial charge in [-0.3, -0.25) is 9.69 Å². The van der Waals surface area contributed by atoms with Crippen LogP contribution >= 0.6 is 46.0 Å². The topological polar surface area (TPSA) is 72.1 Å². The van der Waals surface area contributed by atoms with Gasteiger partial charge >= 0.3 is 0 Å². The van der Waals surface area contributed by atoms with E-state index in [1.54, 1.807) is 34.4 Å². The Labute approximate surface area is 178 Å². The number of benzene rings is 1. The first-order chi connectivity index (χ1) is 13.6. The van der Waals surface area contributed by atoms with Gasteiger partial charge in [0.1, 0.15) is 0 Å². The molecule has 0 fully saturated rings. The molecule has 0 aliphatic heterocycles. The Kier molecular flexibility index (Phi) is 5.77. The van der Waals surface area contributed by atoms with Gasteiger partial charge in [-0.2, -0.15) is 0 Å². The predicted octanol–water partition coefficient (Wildman–Crippen LogP) is 5.88. The molecular formula is C18H13ClN4O2S3. The van der Waals surface area contributed by atoms with Gasteiger partial charge in [0.15, 0.2) is 5.13 Å². The van der Waals surface area contributed by atoms with Crippen LogP contribution in [0, 0.1) is 0 Å². The lowest BCUT2D eigenvalue weighted by atomic mass is 10.3. The molecule has 0 aliphatic carbocycles. The maximum atomic E-state index is 12.2. The minimum absolute atomic E-state index is 0.131. The first-order valence-electron chi connectivity index (χ1n) is 8.11. The summed E-state index contributed by atoms with van der Waals surface area (Å²) in [7, 11) is 0. The van der Waals surface area contributed by atoms with Crippen molar-refractivity contribution >= 4 is 62.8 Å². The first-order valence-corrected chi connectivity index (χ1v) is 11.2. The van der Waals surface area contributed by atoms with Crippen LogP contribution < -0.4 is 4.90 Å². The molecule has 28 heavy (non-hydrogen) atoms. The summed E-state index contributed by atoms with van der Waals surface area (Å²) in [6, 6.07) is 11.0. The summed E-state index contributed by atoms with van der Waals surface area (Å²) in [4.78, 5) is 19.2. The highest BCUT2D eigenvalue weighted by Crippen LogP contribution is 2.33. The number of thioether (sulfide) groups is 1. The van der Waals surface area contributed by atoms with E-state index >= 15 is 0 Å². The van der Waals surface area contributed by atoms with Gasteiger partial charge in [0.2, 0.25) is 5.91 Å². The van der Waals surface area contributed by atoms with Gasteiger partial charge in [-0.1, -0.05) is 35.5 Å². The van der Waals surface area contributed by atoms with Gasteiger partial charge in [-0.05, 0) is 29.6 Å². The van der Waals surface area contributed by atoms with Crippen LogP contribution in [0.5, 0.6) is 0 Å². The van der Waals surface area contributed by atoms with Gasteiger partial charge in [0.05, 0.1) is 16.3 Å². The number of hydrogen-bond acceptors (Lipinski definition) is 8. The van der Waals surface area contributed by atoms with E-state index in [2.05, 4.69) is 15.2 Å². The van der Waals surface area contributed by atoms with Crippen molar-refractivity contribution in [2.24, 2.45) is 0 Å². The third-order valence-electron chi connectivity index (χ3n) is 3.59. The van der Waals surface area contributed by atoms with Gasteiger partial charge in [0, 0.05) is 23.1 Å². The second kappa shape index (κ2) is 8.44. The van der Waals surface area contributed by atoms with Crippen molar-refractivity contribution in [3.8, 4) is 10.8 Å². The number of carbonyl (C=O) groups excluding carboxylic acids is 1. The molecule has 1 aromatic carbocycles. The molecule has 3 aromatic heterocycles. The third kappa shape index (κ3) is 4.27. The minimum atomic E-state index is -0.131. The molecule has 0 radical (unpaired) electrons. The molecule has 10 heteroatoms. The molecule has 0 bridgehead atoms.